The molecule has 0 saturated heterocycles. The summed E-state index contributed by atoms with van der Waals surface area (Å²) in [6.07, 6.45) is 0. The lowest BCUT2D eigenvalue weighted by molar-refractivity contribution is 0.0600. The van der Waals surface area contributed by atoms with Gasteiger partial charge in [0.1, 0.15) is 0 Å². The Morgan fingerprint density at radius 2 is 1.86 bits per heavy atom. The van der Waals surface area contributed by atoms with Gasteiger partial charge >= 0.3 is 5.97 Å². The van der Waals surface area contributed by atoms with Crippen molar-refractivity contribution in [2.75, 3.05) is 7.11 Å². The molecule has 0 radical (unpaired) electrons. The molecular formula is C17H15NO2S. The van der Waals surface area contributed by atoms with Crippen LogP contribution >= 0.6 is 11.8 Å². The number of hydrogen-bond donors (Lipinski definition) is 0. The van der Waals surface area contributed by atoms with Gasteiger partial charge in [-0.2, -0.15) is 17.0 Å². The Morgan fingerprint density at radius 3 is 2.52 bits per heavy atom. The van der Waals surface area contributed by atoms with Crippen molar-refractivity contribution >= 4 is 17.7 Å². The van der Waals surface area contributed by atoms with E-state index < -0.39 is 0 Å². The highest BCUT2D eigenvalue weighted by Crippen LogP contribution is 2.20. The van der Waals surface area contributed by atoms with Crippen LogP contribution in [0.3, 0.4) is 0 Å². The van der Waals surface area contributed by atoms with Gasteiger partial charge in [-0.1, -0.05) is 30.3 Å². The lowest BCUT2D eigenvalue weighted by atomic mass is 10.1. The summed E-state index contributed by atoms with van der Waals surface area (Å²) >= 11 is 1.74. The highest BCUT2D eigenvalue weighted by molar-refractivity contribution is 7.97. The zero-order valence-electron chi connectivity index (χ0n) is 11.7. The van der Waals surface area contributed by atoms with E-state index in [0.717, 1.165) is 28.2 Å². The molecule has 0 spiro atoms. The van der Waals surface area contributed by atoms with Crippen LogP contribution in [0.1, 0.15) is 27.0 Å². The van der Waals surface area contributed by atoms with E-state index in [9.17, 15) is 4.79 Å². The Bertz CT molecular complexity index is 659. The van der Waals surface area contributed by atoms with Gasteiger partial charge in [0.05, 0.1) is 24.3 Å². The molecule has 0 amide bonds. The van der Waals surface area contributed by atoms with Crippen LogP contribution < -0.4 is 0 Å². The second-order valence-electron chi connectivity index (χ2n) is 4.45. The first-order valence-electron chi connectivity index (χ1n) is 6.47. The summed E-state index contributed by atoms with van der Waals surface area (Å²) in [5.41, 5.74) is 3.48. The molecule has 2 aromatic rings. The Kier molecular flexibility index (Phi) is 5.42. The molecule has 0 fully saturated rings. The fourth-order valence-corrected chi connectivity index (χ4v) is 2.89. The largest absolute Gasteiger partial charge is 0.465 e. The van der Waals surface area contributed by atoms with Gasteiger partial charge in [0.2, 0.25) is 0 Å². The molecule has 21 heavy (non-hydrogen) atoms. The summed E-state index contributed by atoms with van der Waals surface area (Å²) in [6, 6.07) is 17.2. The van der Waals surface area contributed by atoms with Crippen LogP contribution in [0.15, 0.2) is 48.5 Å². The monoisotopic (exact) mass is 297 g/mol. The minimum Gasteiger partial charge on any atom is -0.465 e. The van der Waals surface area contributed by atoms with Crippen LogP contribution in [0.2, 0.25) is 0 Å². The third kappa shape index (κ3) is 4.11. The average Bonchev–Trinajstić information content (AvgIpc) is 2.55. The average molecular weight is 297 g/mol. The van der Waals surface area contributed by atoms with Gasteiger partial charge in [0.25, 0.3) is 0 Å². The molecule has 4 heteroatoms. The number of carbonyl (C=O) groups excluding carboxylic acids is 1. The summed E-state index contributed by atoms with van der Waals surface area (Å²) in [5, 5.41) is 9.04. The molecular weight excluding hydrogens is 282 g/mol. The number of ether oxygens (including phenoxy) is 1. The van der Waals surface area contributed by atoms with E-state index in [0.29, 0.717) is 5.56 Å². The maximum atomic E-state index is 11.3. The Balaban J connectivity index is 1.92. The van der Waals surface area contributed by atoms with Gasteiger partial charge in [0.15, 0.2) is 0 Å². The van der Waals surface area contributed by atoms with Crippen molar-refractivity contribution in [1.29, 1.82) is 5.26 Å². The first kappa shape index (κ1) is 15.1. The van der Waals surface area contributed by atoms with Crippen LogP contribution in [0.5, 0.6) is 0 Å². The minimum atomic E-state index is -0.322. The number of methoxy groups -OCH3 is 1. The normalized spacial score (nSPS) is 9.90. The lowest BCUT2D eigenvalue weighted by Crippen LogP contribution is -2.00. The summed E-state index contributed by atoms with van der Waals surface area (Å²) in [6.45, 7) is 0. The molecule has 0 saturated carbocycles. The van der Waals surface area contributed by atoms with Crippen molar-refractivity contribution in [3.8, 4) is 6.07 Å². The topological polar surface area (TPSA) is 50.1 Å². The van der Waals surface area contributed by atoms with Crippen LogP contribution in [0.4, 0.5) is 0 Å². The third-order valence-corrected chi connectivity index (χ3v) is 4.09. The molecule has 2 aromatic carbocycles. The smallest absolute Gasteiger partial charge is 0.337 e. The second kappa shape index (κ2) is 7.51. The predicted octanol–water partition coefficient (Wildman–Crippen LogP) is 3.78. The van der Waals surface area contributed by atoms with Crippen LogP contribution in [-0.2, 0) is 16.2 Å². The fraction of sp³-hybridized carbons (Fsp3) is 0.176. The van der Waals surface area contributed by atoms with Crippen LogP contribution in [-0.4, -0.2) is 13.1 Å². The molecule has 0 unspecified atom stereocenters. The molecule has 0 aliphatic rings. The number of nitriles is 1. The van der Waals surface area contributed by atoms with E-state index in [1.54, 1.807) is 23.9 Å². The van der Waals surface area contributed by atoms with Crippen molar-refractivity contribution in [3.05, 3.63) is 70.8 Å². The zero-order valence-corrected chi connectivity index (χ0v) is 12.5. The fourth-order valence-electron chi connectivity index (χ4n) is 1.89. The van der Waals surface area contributed by atoms with Gasteiger partial charge in [0, 0.05) is 11.5 Å². The molecule has 2 rings (SSSR count). The number of rotatable bonds is 5. The standard InChI is InChI=1S/C17H15NO2S/c1-20-17(19)14-8-6-13(7-9-14)11-21-12-16-5-3-2-4-15(16)10-18/h2-9H,11-12H2,1H3. The molecule has 0 N–H and O–H groups in total. The first-order chi connectivity index (χ1) is 10.2. The van der Waals surface area contributed by atoms with Crippen LogP contribution in [0.25, 0.3) is 0 Å². The number of hydrogen-bond acceptors (Lipinski definition) is 4. The maximum absolute atomic E-state index is 11.3. The SMILES string of the molecule is COC(=O)c1ccc(CSCc2ccccc2C#N)cc1. The number of nitrogens with zero attached hydrogens (tertiary/aromatic N) is 1. The molecule has 0 aromatic heterocycles. The highest BCUT2D eigenvalue weighted by atomic mass is 32.2. The van der Waals surface area contributed by atoms with E-state index in [1.165, 1.54) is 7.11 Å². The van der Waals surface area contributed by atoms with E-state index >= 15 is 0 Å². The van der Waals surface area contributed by atoms with Crippen LogP contribution in [0, 0.1) is 11.3 Å². The van der Waals surface area contributed by atoms with Crippen molar-refractivity contribution in [1.82, 2.24) is 0 Å². The van der Waals surface area contributed by atoms with Gasteiger partial charge in [-0.25, -0.2) is 4.79 Å². The summed E-state index contributed by atoms with van der Waals surface area (Å²) in [7, 11) is 1.37. The molecule has 0 atom stereocenters. The van der Waals surface area contributed by atoms with Crippen molar-refractivity contribution in [2.45, 2.75) is 11.5 Å². The number of carbonyl (C=O) groups is 1. The van der Waals surface area contributed by atoms with Crippen molar-refractivity contribution in [3.63, 3.8) is 0 Å². The Hall–Kier alpha value is -2.25. The molecule has 0 heterocycles. The third-order valence-electron chi connectivity index (χ3n) is 3.04. The van der Waals surface area contributed by atoms with Gasteiger partial charge in [-0.3, -0.25) is 0 Å². The second-order valence-corrected chi connectivity index (χ2v) is 5.44. The van der Waals surface area contributed by atoms with Crippen molar-refractivity contribution in [2.24, 2.45) is 0 Å². The quantitative estimate of drug-likeness (QED) is 0.788. The number of thioether (sulfide) groups is 1. The summed E-state index contributed by atoms with van der Waals surface area (Å²) < 4.78 is 4.67. The van der Waals surface area contributed by atoms with E-state index in [2.05, 4.69) is 10.8 Å². The van der Waals surface area contributed by atoms with Gasteiger partial charge in [-0.05, 0) is 29.3 Å². The van der Waals surface area contributed by atoms with E-state index in [1.807, 2.05) is 36.4 Å². The Morgan fingerprint density at radius 1 is 1.14 bits per heavy atom. The minimum absolute atomic E-state index is 0.322. The molecule has 3 nitrogen and oxygen atoms in total. The molecule has 0 aliphatic heterocycles. The zero-order chi connectivity index (χ0) is 15.1. The van der Waals surface area contributed by atoms with Crippen molar-refractivity contribution < 1.29 is 9.53 Å². The van der Waals surface area contributed by atoms with E-state index in [4.69, 9.17) is 5.26 Å². The highest BCUT2D eigenvalue weighted by Gasteiger charge is 2.05. The maximum Gasteiger partial charge on any atom is 0.337 e. The Labute approximate surface area is 128 Å². The molecule has 106 valence electrons. The van der Waals surface area contributed by atoms with Gasteiger partial charge in [-0.15, -0.1) is 0 Å². The molecule has 0 aliphatic carbocycles. The number of benzene rings is 2. The summed E-state index contributed by atoms with van der Waals surface area (Å²) in [4.78, 5) is 11.3. The van der Waals surface area contributed by atoms with E-state index in [-0.39, 0.29) is 5.97 Å². The first-order valence-corrected chi connectivity index (χ1v) is 7.63. The lowest BCUT2D eigenvalue weighted by Gasteiger charge is -2.05. The number of esters is 1. The van der Waals surface area contributed by atoms with Gasteiger partial charge < -0.3 is 4.74 Å². The summed E-state index contributed by atoms with van der Waals surface area (Å²) in [5.74, 6) is 1.31. The molecule has 0 bridgehead atoms. The predicted molar refractivity (Wildman–Crippen MR) is 83.9 cm³/mol.